The van der Waals surface area contributed by atoms with Crippen molar-refractivity contribution in [3.8, 4) is 0 Å². The van der Waals surface area contributed by atoms with Crippen LogP contribution < -0.4 is 5.32 Å². The molecule has 4 rings (SSSR count). The summed E-state index contributed by atoms with van der Waals surface area (Å²) in [5.74, 6) is 0.0703. The zero-order valence-electron chi connectivity index (χ0n) is 13.0. The van der Waals surface area contributed by atoms with E-state index in [4.69, 9.17) is 0 Å². The lowest BCUT2D eigenvalue weighted by molar-refractivity contribution is 0.101. The maximum atomic E-state index is 11.4. The van der Waals surface area contributed by atoms with E-state index in [2.05, 4.69) is 15.3 Å². The lowest BCUT2D eigenvalue weighted by Crippen LogP contribution is -1.95. The van der Waals surface area contributed by atoms with Crippen molar-refractivity contribution >= 4 is 51.4 Å². The van der Waals surface area contributed by atoms with Crippen LogP contribution >= 0.6 is 12.4 Å². The van der Waals surface area contributed by atoms with Crippen LogP contribution in [0.25, 0.3) is 21.8 Å². The molecule has 0 amide bonds. The molecule has 2 aromatic heterocycles. The Kier molecular flexibility index (Phi) is 4.23. The van der Waals surface area contributed by atoms with Gasteiger partial charge in [-0.05, 0) is 55.5 Å². The minimum atomic E-state index is 0. The summed E-state index contributed by atoms with van der Waals surface area (Å²) in [4.78, 5) is 19.0. The maximum Gasteiger partial charge on any atom is 0.159 e. The van der Waals surface area contributed by atoms with Gasteiger partial charge >= 0.3 is 0 Å². The number of rotatable bonds is 3. The number of Topliss-reactive ketones (excluding diaryl/α,β-unsaturated/α-hetero) is 1. The summed E-state index contributed by atoms with van der Waals surface area (Å²) in [5, 5.41) is 5.66. The summed E-state index contributed by atoms with van der Waals surface area (Å²) in [6, 6.07) is 15.6. The Balaban J connectivity index is 0.00000169. The number of anilines is 2. The Hall–Kier alpha value is -2.85. The molecule has 2 heterocycles. The molecule has 0 atom stereocenters. The summed E-state index contributed by atoms with van der Waals surface area (Å²) >= 11 is 0. The number of nitrogens with zero attached hydrogens (tertiary/aromatic N) is 1. The number of nitrogens with one attached hydrogen (secondary N) is 2. The molecule has 0 saturated heterocycles. The molecule has 0 aliphatic heterocycles. The highest BCUT2D eigenvalue weighted by atomic mass is 35.5. The minimum absolute atomic E-state index is 0. The number of carbonyl (C=O) groups excluding carboxylic acids is 1. The van der Waals surface area contributed by atoms with E-state index in [9.17, 15) is 4.79 Å². The number of H-pyrrole nitrogens is 1. The van der Waals surface area contributed by atoms with Gasteiger partial charge < -0.3 is 10.3 Å². The summed E-state index contributed by atoms with van der Waals surface area (Å²) in [5.41, 5.74) is 4.69. The molecule has 0 aliphatic rings. The van der Waals surface area contributed by atoms with E-state index in [1.165, 1.54) is 0 Å². The van der Waals surface area contributed by atoms with Crippen molar-refractivity contribution in [2.45, 2.75) is 6.92 Å². The summed E-state index contributed by atoms with van der Waals surface area (Å²) in [7, 11) is 0. The van der Waals surface area contributed by atoms with Gasteiger partial charge in [0.1, 0.15) is 0 Å². The third-order valence-corrected chi connectivity index (χ3v) is 4.01. The second-order valence-electron chi connectivity index (χ2n) is 5.52. The normalized spacial score (nSPS) is 10.5. The molecule has 0 radical (unpaired) electrons. The SMILES string of the molecule is CC(=O)c1ccc(Nc2cc[nH]c3ccc4nccc4c23)cc1.Cl. The van der Waals surface area contributed by atoms with Crippen molar-refractivity contribution in [3.63, 3.8) is 0 Å². The molecular weight excluding hydrogens is 322 g/mol. The van der Waals surface area contributed by atoms with Gasteiger partial charge in [0.15, 0.2) is 5.78 Å². The van der Waals surface area contributed by atoms with E-state index in [1.807, 2.05) is 60.9 Å². The molecule has 2 N–H and O–H groups in total. The second kappa shape index (κ2) is 6.34. The predicted molar refractivity (Wildman–Crippen MR) is 101 cm³/mol. The Morgan fingerprint density at radius 1 is 1.04 bits per heavy atom. The molecular formula is C19H16ClN3O. The Morgan fingerprint density at radius 2 is 1.83 bits per heavy atom. The van der Waals surface area contributed by atoms with Crippen LogP contribution in [0.1, 0.15) is 17.3 Å². The van der Waals surface area contributed by atoms with Crippen molar-refractivity contribution in [1.29, 1.82) is 0 Å². The number of benzene rings is 2. The zero-order chi connectivity index (χ0) is 15.8. The lowest BCUT2D eigenvalue weighted by Gasteiger charge is -2.11. The van der Waals surface area contributed by atoms with Crippen LogP contribution in [-0.4, -0.2) is 15.8 Å². The fourth-order valence-electron chi connectivity index (χ4n) is 2.84. The smallest absolute Gasteiger partial charge is 0.159 e. The van der Waals surface area contributed by atoms with Gasteiger partial charge in [0.2, 0.25) is 0 Å². The van der Waals surface area contributed by atoms with Crippen LogP contribution in [0.2, 0.25) is 0 Å². The highest BCUT2D eigenvalue weighted by Crippen LogP contribution is 2.31. The number of aromatic nitrogens is 2. The number of carbonyl (C=O) groups is 1. The minimum Gasteiger partial charge on any atom is -0.361 e. The van der Waals surface area contributed by atoms with Crippen molar-refractivity contribution in [3.05, 3.63) is 66.5 Å². The fourth-order valence-corrected chi connectivity index (χ4v) is 2.84. The van der Waals surface area contributed by atoms with Crippen LogP contribution in [0.15, 0.2) is 60.9 Å². The molecule has 5 heteroatoms. The summed E-state index contributed by atoms with van der Waals surface area (Å²) in [6.45, 7) is 1.57. The first kappa shape index (κ1) is 16.0. The second-order valence-corrected chi connectivity index (χ2v) is 5.52. The van der Waals surface area contributed by atoms with Gasteiger partial charge in [0, 0.05) is 45.6 Å². The van der Waals surface area contributed by atoms with E-state index in [-0.39, 0.29) is 18.2 Å². The van der Waals surface area contributed by atoms with Crippen LogP contribution in [-0.2, 0) is 0 Å². The van der Waals surface area contributed by atoms with Crippen molar-refractivity contribution in [2.75, 3.05) is 5.32 Å². The van der Waals surface area contributed by atoms with Gasteiger partial charge in [-0.2, -0.15) is 0 Å². The highest BCUT2D eigenvalue weighted by Gasteiger charge is 2.08. The largest absolute Gasteiger partial charge is 0.361 e. The van der Waals surface area contributed by atoms with Crippen LogP contribution in [0.3, 0.4) is 0 Å². The first-order valence-corrected chi connectivity index (χ1v) is 7.45. The van der Waals surface area contributed by atoms with Gasteiger partial charge in [-0.3, -0.25) is 9.78 Å². The molecule has 2 aromatic carbocycles. The number of aromatic amines is 1. The molecule has 24 heavy (non-hydrogen) atoms. The Labute approximate surface area is 145 Å². The van der Waals surface area contributed by atoms with Gasteiger partial charge in [-0.15, -0.1) is 12.4 Å². The zero-order valence-corrected chi connectivity index (χ0v) is 13.9. The summed E-state index contributed by atoms with van der Waals surface area (Å²) < 4.78 is 0. The predicted octanol–water partition coefficient (Wildman–Crippen LogP) is 5.08. The van der Waals surface area contributed by atoms with E-state index in [0.29, 0.717) is 5.56 Å². The van der Waals surface area contributed by atoms with Crippen molar-refractivity contribution < 1.29 is 4.79 Å². The molecule has 0 bridgehead atoms. The van der Waals surface area contributed by atoms with Crippen LogP contribution in [0.5, 0.6) is 0 Å². The molecule has 0 aliphatic carbocycles. The third-order valence-electron chi connectivity index (χ3n) is 4.01. The molecule has 120 valence electrons. The molecule has 0 spiro atoms. The first-order valence-electron chi connectivity index (χ1n) is 7.45. The van der Waals surface area contributed by atoms with Gasteiger partial charge in [-0.1, -0.05) is 0 Å². The molecule has 0 fully saturated rings. The molecule has 0 saturated carbocycles. The number of hydrogen-bond acceptors (Lipinski definition) is 3. The number of fused-ring (bicyclic) bond motifs is 3. The van der Waals surface area contributed by atoms with E-state index >= 15 is 0 Å². The van der Waals surface area contributed by atoms with Crippen molar-refractivity contribution in [1.82, 2.24) is 9.97 Å². The lowest BCUT2D eigenvalue weighted by atomic mass is 10.1. The van der Waals surface area contributed by atoms with Gasteiger partial charge in [0.25, 0.3) is 0 Å². The Bertz CT molecular complexity index is 1020. The van der Waals surface area contributed by atoms with E-state index in [1.54, 1.807) is 6.92 Å². The van der Waals surface area contributed by atoms with Crippen LogP contribution in [0.4, 0.5) is 11.4 Å². The fraction of sp³-hybridized carbons (Fsp3) is 0.0526. The maximum absolute atomic E-state index is 11.4. The van der Waals surface area contributed by atoms with Crippen molar-refractivity contribution in [2.24, 2.45) is 0 Å². The van der Waals surface area contributed by atoms with Gasteiger partial charge in [-0.25, -0.2) is 0 Å². The van der Waals surface area contributed by atoms with Crippen LogP contribution in [0, 0.1) is 0 Å². The third kappa shape index (κ3) is 2.72. The molecule has 4 nitrogen and oxygen atoms in total. The average molecular weight is 338 g/mol. The number of pyridine rings is 1. The summed E-state index contributed by atoms with van der Waals surface area (Å²) in [6.07, 6.45) is 3.74. The standard InChI is InChI=1S/C19H15N3O.ClH/c1-12(23)13-2-4-14(5-3-13)22-18-9-11-21-17-7-6-16-15(19(17)18)8-10-20-16;/h2-11,21-22H,1H3;1H. The van der Waals surface area contributed by atoms with E-state index < -0.39 is 0 Å². The quantitative estimate of drug-likeness (QED) is 0.512. The highest BCUT2D eigenvalue weighted by molar-refractivity contribution is 6.11. The first-order chi connectivity index (χ1) is 11.2. The Morgan fingerprint density at radius 3 is 2.58 bits per heavy atom. The number of ketones is 1. The average Bonchev–Trinajstić information content (AvgIpc) is 3.04. The molecule has 0 unspecified atom stereocenters. The molecule has 4 aromatic rings. The van der Waals surface area contributed by atoms with Gasteiger partial charge in [0.05, 0.1) is 5.52 Å². The van der Waals surface area contributed by atoms with E-state index in [0.717, 1.165) is 33.2 Å². The number of hydrogen-bond donors (Lipinski definition) is 2. The topological polar surface area (TPSA) is 57.8 Å². The number of halogens is 1. The monoisotopic (exact) mass is 337 g/mol.